The summed E-state index contributed by atoms with van der Waals surface area (Å²) in [5.41, 5.74) is 5.51. The van der Waals surface area contributed by atoms with Gasteiger partial charge < -0.3 is 36.0 Å². The fourth-order valence-electron chi connectivity index (χ4n) is 1.99. The van der Waals surface area contributed by atoms with Crippen LogP contribution in [-0.2, 0) is 24.1 Å². The number of carbonyl (C=O) groups is 1. The molecule has 0 aliphatic carbocycles. The predicted octanol–water partition coefficient (Wildman–Crippen LogP) is -4.22. The van der Waals surface area contributed by atoms with Gasteiger partial charge in [-0.15, -0.1) is 0 Å². The van der Waals surface area contributed by atoms with Gasteiger partial charge >= 0.3 is 16.4 Å². The molecule has 0 spiro atoms. The second-order valence-electron chi connectivity index (χ2n) is 4.76. The number of nitrogens with two attached hydrogens (primary N) is 1. The van der Waals surface area contributed by atoms with Gasteiger partial charge in [0.1, 0.15) is 18.3 Å². The maximum absolute atomic E-state index is 10.9. The molecule has 1 rings (SSSR count). The molecule has 0 bridgehead atoms. The van der Waals surface area contributed by atoms with Crippen LogP contribution in [0.2, 0.25) is 0 Å². The molecule has 13 heteroatoms. The number of rotatable bonds is 6. The molecule has 0 amide bonds. The van der Waals surface area contributed by atoms with Crippen LogP contribution in [-0.4, -0.2) is 87.3 Å². The third kappa shape index (κ3) is 4.31. The molecular formula is C9H17NO11S. The molecule has 12 nitrogen and oxygen atoms in total. The molecule has 0 aromatic heterocycles. The fraction of sp³-hybridized carbons (Fsp3) is 0.889. The Morgan fingerprint density at radius 1 is 1.50 bits per heavy atom. The Morgan fingerprint density at radius 3 is 2.45 bits per heavy atom. The Balaban J connectivity index is 3.02. The fourth-order valence-corrected chi connectivity index (χ4v) is 2.48. The molecule has 1 saturated heterocycles. The van der Waals surface area contributed by atoms with E-state index in [1.807, 2.05) is 0 Å². The quantitative estimate of drug-likeness (QED) is 0.227. The van der Waals surface area contributed by atoms with Crippen molar-refractivity contribution in [3.8, 4) is 0 Å². The number of ether oxygens (including phenoxy) is 1. The van der Waals surface area contributed by atoms with Crippen LogP contribution in [0.3, 0.4) is 0 Å². The zero-order chi connectivity index (χ0) is 17.3. The summed E-state index contributed by atoms with van der Waals surface area (Å²) in [6.45, 7) is -1.12. The minimum absolute atomic E-state index is 0.796. The molecular weight excluding hydrogens is 330 g/mol. The summed E-state index contributed by atoms with van der Waals surface area (Å²) in [5.74, 6) is -4.74. The van der Waals surface area contributed by atoms with Crippen molar-refractivity contribution >= 4 is 16.4 Å². The minimum Gasteiger partial charge on any atom is -0.477 e. The number of carboxylic acids is 1. The van der Waals surface area contributed by atoms with E-state index in [2.05, 4.69) is 4.18 Å². The summed E-state index contributed by atoms with van der Waals surface area (Å²) in [5, 5.41) is 47.1. The first-order valence-electron chi connectivity index (χ1n) is 5.93. The molecule has 0 saturated carbocycles. The van der Waals surface area contributed by atoms with Gasteiger partial charge in [0.05, 0.1) is 18.8 Å². The SMILES string of the molecule is N[C@H]1[C@H]([C@H](O)[C@@H](CO)OS(=O)(=O)O)OC(O)(C(=O)O)C[C@@H]1O. The highest BCUT2D eigenvalue weighted by molar-refractivity contribution is 7.80. The molecule has 130 valence electrons. The van der Waals surface area contributed by atoms with Crippen LogP contribution in [0.1, 0.15) is 6.42 Å². The Morgan fingerprint density at radius 2 is 2.05 bits per heavy atom. The van der Waals surface area contributed by atoms with Crippen LogP contribution < -0.4 is 5.73 Å². The van der Waals surface area contributed by atoms with E-state index in [0.29, 0.717) is 0 Å². The van der Waals surface area contributed by atoms with Gasteiger partial charge in [-0.25, -0.2) is 8.98 Å². The van der Waals surface area contributed by atoms with Crippen LogP contribution >= 0.6 is 0 Å². The van der Waals surface area contributed by atoms with Crippen LogP contribution in [0.4, 0.5) is 0 Å². The number of aliphatic hydroxyl groups is 4. The number of hydrogen-bond donors (Lipinski definition) is 7. The van der Waals surface area contributed by atoms with E-state index < -0.39 is 65.6 Å². The first kappa shape index (κ1) is 19.1. The molecule has 8 N–H and O–H groups in total. The molecule has 1 aliphatic rings. The first-order valence-corrected chi connectivity index (χ1v) is 7.29. The zero-order valence-corrected chi connectivity index (χ0v) is 11.8. The normalized spacial score (nSPS) is 35.8. The van der Waals surface area contributed by atoms with Gasteiger partial charge in [0, 0.05) is 6.42 Å². The largest absolute Gasteiger partial charge is 0.477 e. The van der Waals surface area contributed by atoms with E-state index >= 15 is 0 Å². The Labute approximate surface area is 124 Å². The van der Waals surface area contributed by atoms with Gasteiger partial charge in [-0.2, -0.15) is 8.42 Å². The minimum atomic E-state index is -5.05. The topological polar surface area (TPSA) is 217 Å². The third-order valence-corrected chi connectivity index (χ3v) is 3.61. The molecule has 1 fully saturated rings. The summed E-state index contributed by atoms with van der Waals surface area (Å²) in [6.07, 6.45) is -8.25. The molecule has 1 heterocycles. The zero-order valence-electron chi connectivity index (χ0n) is 11.0. The molecule has 0 aromatic rings. The van der Waals surface area contributed by atoms with E-state index in [0.717, 1.165) is 0 Å². The highest BCUT2D eigenvalue weighted by Crippen LogP contribution is 2.30. The van der Waals surface area contributed by atoms with Crippen LogP contribution in [0.25, 0.3) is 0 Å². The van der Waals surface area contributed by atoms with Crippen molar-refractivity contribution in [3.05, 3.63) is 0 Å². The third-order valence-electron chi connectivity index (χ3n) is 3.12. The summed E-state index contributed by atoms with van der Waals surface area (Å²) < 4.78 is 38.5. The van der Waals surface area contributed by atoms with Crippen molar-refractivity contribution in [2.24, 2.45) is 5.73 Å². The van der Waals surface area contributed by atoms with E-state index in [9.17, 15) is 28.5 Å². The highest BCUT2D eigenvalue weighted by atomic mass is 32.3. The lowest BCUT2D eigenvalue weighted by Gasteiger charge is -2.43. The lowest BCUT2D eigenvalue weighted by atomic mass is 9.89. The predicted molar refractivity (Wildman–Crippen MR) is 65.6 cm³/mol. The highest BCUT2D eigenvalue weighted by Gasteiger charge is 2.53. The van der Waals surface area contributed by atoms with Crippen molar-refractivity contribution in [3.63, 3.8) is 0 Å². The number of hydrogen-bond acceptors (Lipinski definition) is 10. The summed E-state index contributed by atoms with van der Waals surface area (Å²) in [7, 11) is -5.05. The number of carboxylic acid groups (broad SMARTS) is 1. The first-order chi connectivity index (χ1) is 9.91. The van der Waals surface area contributed by atoms with Crippen LogP contribution in [0.15, 0.2) is 0 Å². The average Bonchev–Trinajstić information content (AvgIpc) is 2.38. The van der Waals surface area contributed by atoms with Crippen molar-refractivity contribution < 1.29 is 52.2 Å². The Bertz CT molecular complexity index is 510. The molecule has 6 atom stereocenters. The van der Waals surface area contributed by atoms with Gasteiger partial charge in [-0.1, -0.05) is 0 Å². The van der Waals surface area contributed by atoms with E-state index in [1.165, 1.54) is 0 Å². The molecule has 0 radical (unpaired) electrons. The monoisotopic (exact) mass is 347 g/mol. The molecule has 22 heavy (non-hydrogen) atoms. The summed E-state index contributed by atoms with van der Waals surface area (Å²) in [6, 6.07) is -1.42. The smallest absolute Gasteiger partial charge is 0.397 e. The van der Waals surface area contributed by atoms with Crippen molar-refractivity contribution in [2.75, 3.05) is 6.61 Å². The Hall–Kier alpha value is -0.900. The Kier molecular flexibility index (Phi) is 5.82. The average molecular weight is 347 g/mol. The summed E-state index contributed by atoms with van der Waals surface area (Å²) >= 11 is 0. The van der Waals surface area contributed by atoms with E-state index in [1.54, 1.807) is 0 Å². The molecule has 1 unspecified atom stereocenters. The van der Waals surface area contributed by atoms with E-state index in [4.69, 9.17) is 25.2 Å². The second-order valence-corrected chi connectivity index (χ2v) is 5.80. The van der Waals surface area contributed by atoms with Crippen molar-refractivity contribution in [2.45, 2.75) is 42.7 Å². The number of aliphatic carboxylic acids is 1. The standard InChI is InChI=1S/C9H17NO11S/c10-5-3(12)1-9(16,8(14)15)20-7(5)6(13)4(2-11)21-22(17,18)19/h3-7,11-13,16H,1-2,10H2,(H,14,15)(H,17,18,19)/t3-,4+,5+,6+,7+,9?/m0/s1. The molecule has 0 aromatic carbocycles. The van der Waals surface area contributed by atoms with Crippen molar-refractivity contribution in [1.82, 2.24) is 0 Å². The lowest BCUT2D eigenvalue weighted by Crippen LogP contribution is -2.65. The van der Waals surface area contributed by atoms with Crippen LogP contribution in [0.5, 0.6) is 0 Å². The van der Waals surface area contributed by atoms with Gasteiger partial charge in [-0.05, 0) is 0 Å². The van der Waals surface area contributed by atoms with Crippen molar-refractivity contribution in [1.29, 1.82) is 0 Å². The lowest BCUT2D eigenvalue weighted by molar-refractivity contribution is -0.292. The van der Waals surface area contributed by atoms with Gasteiger partial charge in [0.25, 0.3) is 5.79 Å². The van der Waals surface area contributed by atoms with Gasteiger partial charge in [-0.3, -0.25) is 4.55 Å². The maximum Gasteiger partial charge on any atom is 0.397 e. The van der Waals surface area contributed by atoms with Gasteiger partial charge in [0.2, 0.25) is 0 Å². The maximum atomic E-state index is 10.9. The molecule has 1 aliphatic heterocycles. The van der Waals surface area contributed by atoms with E-state index in [-0.39, 0.29) is 0 Å². The van der Waals surface area contributed by atoms with Gasteiger partial charge in [0.15, 0.2) is 0 Å². The second kappa shape index (κ2) is 6.69. The summed E-state index contributed by atoms with van der Waals surface area (Å²) in [4.78, 5) is 10.9. The van der Waals surface area contributed by atoms with Crippen LogP contribution in [0, 0.1) is 0 Å². The number of aliphatic hydroxyl groups excluding tert-OH is 3.